The topological polar surface area (TPSA) is 17.1 Å². The number of benzene rings is 1. The first kappa shape index (κ1) is 11.9. The number of carbonyl (C=O) groups is 1. The van der Waals surface area contributed by atoms with Gasteiger partial charge < -0.3 is 0 Å². The van der Waals surface area contributed by atoms with Crippen molar-refractivity contribution in [1.82, 2.24) is 0 Å². The smallest absolute Gasteiger partial charge is 0.288 e. The molecule has 4 heteroatoms. The lowest BCUT2D eigenvalue weighted by Crippen LogP contribution is -1.83. The Morgan fingerprint density at radius 1 is 1.47 bits per heavy atom. The third-order valence-corrected chi connectivity index (χ3v) is 2.30. The van der Waals surface area contributed by atoms with Crippen molar-refractivity contribution in [1.29, 1.82) is 0 Å². The summed E-state index contributed by atoms with van der Waals surface area (Å²) in [6.07, 6.45) is 3.02. The first-order chi connectivity index (χ1) is 7.08. The zero-order chi connectivity index (χ0) is 11.3. The van der Waals surface area contributed by atoms with Crippen LogP contribution in [-0.2, 0) is 4.79 Å². The predicted octanol–water partition coefficient (Wildman–Crippen LogP) is 3.60. The minimum atomic E-state index is -2.42. The molecule has 80 valence electrons. The SMILES string of the molecule is CC(=O)/C=C/c1cccc(SC(F)F)c1. The van der Waals surface area contributed by atoms with Gasteiger partial charge in [-0.15, -0.1) is 0 Å². The van der Waals surface area contributed by atoms with Gasteiger partial charge in [0.2, 0.25) is 0 Å². The normalized spacial score (nSPS) is 11.2. The summed E-state index contributed by atoms with van der Waals surface area (Å²) in [7, 11) is 0. The number of thioether (sulfide) groups is 1. The molecule has 0 heterocycles. The Balaban J connectivity index is 2.78. The summed E-state index contributed by atoms with van der Waals surface area (Å²) in [5.41, 5.74) is 0.746. The lowest BCUT2D eigenvalue weighted by molar-refractivity contribution is -0.112. The molecule has 15 heavy (non-hydrogen) atoms. The number of ketones is 1. The lowest BCUT2D eigenvalue weighted by atomic mass is 10.2. The van der Waals surface area contributed by atoms with E-state index in [2.05, 4.69) is 0 Å². The maximum absolute atomic E-state index is 12.1. The number of hydrogen-bond donors (Lipinski definition) is 0. The van der Waals surface area contributed by atoms with E-state index in [1.54, 1.807) is 30.3 Å². The second kappa shape index (κ2) is 5.66. The molecular weight excluding hydrogens is 218 g/mol. The van der Waals surface area contributed by atoms with Crippen molar-refractivity contribution >= 4 is 23.6 Å². The second-order valence-corrected chi connectivity index (χ2v) is 3.96. The third kappa shape index (κ3) is 4.74. The summed E-state index contributed by atoms with van der Waals surface area (Å²) in [5, 5.41) is 0. The number of allylic oxidation sites excluding steroid dienone is 1. The highest BCUT2D eigenvalue weighted by Crippen LogP contribution is 2.25. The first-order valence-corrected chi connectivity index (χ1v) is 5.19. The van der Waals surface area contributed by atoms with Gasteiger partial charge in [0, 0.05) is 4.90 Å². The molecule has 0 aromatic heterocycles. The van der Waals surface area contributed by atoms with Crippen LogP contribution in [-0.4, -0.2) is 11.5 Å². The molecule has 0 saturated carbocycles. The monoisotopic (exact) mass is 228 g/mol. The first-order valence-electron chi connectivity index (χ1n) is 4.31. The quantitative estimate of drug-likeness (QED) is 0.578. The minimum Gasteiger partial charge on any atom is -0.295 e. The summed E-state index contributed by atoms with van der Waals surface area (Å²) in [6, 6.07) is 6.68. The van der Waals surface area contributed by atoms with Crippen molar-refractivity contribution in [3.05, 3.63) is 35.9 Å². The van der Waals surface area contributed by atoms with Crippen LogP contribution >= 0.6 is 11.8 Å². The zero-order valence-electron chi connectivity index (χ0n) is 8.11. The van der Waals surface area contributed by atoms with Gasteiger partial charge in [-0.05, 0) is 30.7 Å². The number of rotatable bonds is 4. The van der Waals surface area contributed by atoms with E-state index in [0.29, 0.717) is 16.7 Å². The molecule has 0 aliphatic heterocycles. The second-order valence-electron chi connectivity index (χ2n) is 2.89. The van der Waals surface area contributed by atoms with E-state index in [1.165, 1.54) is 13.0 Å². The third-order valence-electron chi connectivity index (χ3n) is 1.59. The minimum absolute atomic E-state index is 0.0677. The molecule has 0 N–H and O–H groups in total. The lowest BCUT2D eigenvalue weighted by Gasteiger charge is -2.00. The number of carbonyl (C=O) groups excluding carboxylic acids is 1. The summed E-state index contributed by atoms with van der Waals surface area (Å²) in [4.78, 5) is 11.2. The molecule has 0 atom stereocenters. The summed E-state index contributed by atoms with van der Waals surface area (Å²) < 4.78 is 24.1. The molecule has 0 bridgehead atoms. The largest absolute Gasteiger partial charge is 0.295 e. The van der Waals surface area contributed by atoms with Gasteiger partial charge in [0.15, 0.2) is 5.78 Å². The maximum Gasteiger partial charge on any atom is 0.288 e. The van der Waals surface area contributed by atoms with Crippen LogP contribution in [0.2, 0.25) is 0 Å². The number of hydrogen-bond acceptors (Lipinski definition) is 2. The van der Waals surface area contributed by atoms with Crippen LogP contribution < -0.4 is 0 Å². The molecule has 1 aromatic rings. The Labute approximate surface area is 91.2 Å². The fraction of sp³-hybridized carbons (Fsp3) is 0.182. The fourth-order valence-corrected chi connectivity index (χ4v) is 1.57. The van der Waals surface area contributed by atoms with Gasteiger partial charge >= 0.3 is 0 Å². The van der Waals surface area contributed by atoms with Crippen LogP contribution in [0.4, 0.5) is 8.78 Å². The van der Waals surface area contributed by atoms with Crippen LogP contribution in [0.5, 0.6) is 0 Å². The average Bonchev–Trinajstić information content (AvgIpc) is 2.14. The molecular formula is C11H10F2OS. The fourth-order valence-electron chi connectivity index (χ4n) is 1.01. The molecule has 0 amide bonds. The maximum atomic E-state index is 12.1. The van der Waals surface area contributed by atoms with Gasteiger partial charge in [-0.2, -0.15) is 8.78 Å². The standard InChI is InChI=1S/C11H10F2OS/c1-8(14)5-6-9-3-2-4-10(7-9)15-11(12)13/h2-7,11H,1H3/b6-5+. The summed E-state index contributed by atoms with van der Waals surface area (Å²) in [5.74, 6) is -2.49. The Hall–Kier alpha value is -1.16. The van der Waals surface area contributed by atoms with Crippen molar-refractivity contribution in [2.24, 2.45) is 0 Å². The molecule has 0 spiro atoms. The van der Waals surface area contributed by atoms with Gasteiger partial charge in [0.1, 0.15) is 0 Å². The molecule has 1 rings (SSSR count). The predicted molar refractivity (Wildman–Crippen MR) is 58.0 cm³/mol. The molecule has 1 nitrogen and oxygen atoms in total. The van der Waals surface area contributed by atoms with Gasteiger partial charge in [0.25, 0.3) is 5.76 Å². The van der Waals surface area contributed by atoms with E-state index in [1.807, 2.05) is 0 Å². The number of halogens is 2. The summed E-state index contributed by atoms with van der Waals surface area (Å²) in [6.45, 7) is 1.44. The average molecular weight is 228 g/mol. The van der Waals surface area contributed by atoms with Crippen LogP contribution in [0.15, 0.2) is 35.2 Å². The van der Waals surface area contributed by atoms with Crippen LogP contribution in [0.25, 0.3) is 6.08 Å². The highest BCUT2D eigenvalue weighted by molar-refractivity contribution is 7.99. The molecule has 0 radical (unpaired) electrons. The van der Waals surface area contributed by atoms with Crippen molar-refractivity contribution in [3.8, 4) is 0 Å². The van der Waals surface area contributed by atoms with E-state index in [0.717, 1.165) is 5.56 Å². The molecule has 0 saturated heterocycles. The van der Waals surface area contributed by atoms with Crippen molar-refractivity contribution in [2.75, 3.05) is 0 Å². The molecule has 0 aliphatic carbocycles. The van der Waals surface area contributed by atoms with E-state index in [4.69, 9.17) is 0 Å². The Morgan fingerprint density at radius 2 is 2.20 bits per heavy atom. The van der Waals surface area contributed by atoms with Crippen LogP contribution in [0.3, 0.4) is 0 Å². The Kier molecular flexibility index (Phi) is 4.49. The number of alkyl halides is 2. The molecule has 0 fully saturated rings. The summed E-state index contributed by atoms with van der Waals surface area (Å²) >= 11 is 0.495. The molecule has 1 aromatic carbocycles. The van der Waals surface area contributed by atoms with E-state index >= 15 is 0 Å². The Morgan fingerprint density at radius 3 is 2.80 bits per heavy atom. The van der Waals surface area contributed by atoms with E-state index < -0.39 is 5.76 Å². The van der Waals surface area contributed by atoms with Gasteiger partial charge in [-0.25, -0.2) is 0 Å². The van der Waals surface area contributed by atoms with Crippen LogP contribution in [0, 0.1) is 0 Å². The van der Waals surface area contributed by atoms with Crippen LogP contribution in [0.1, 0.15) is 12.5 Å². The van der Waals surface area contributed by atoms with Gasteiger partial charge in [-0.3, -0.25) is 4.79 Å². The van der Waals surface area contributed by atoms with Crippen molar-refractivity contribution in [3.63, 3.8) is 0 Å². The highest BCUT2D eigenvalue weighted by Gasteiger charge is 2.04. The Bertz CT molecular complexity index is 375. The van der Waals surface area contributed by atoms with Gasteiger partial charge in [-0.1, -0.05) is 30.0 Å². The molecule has 0 unspecified atom stereocenters. The zero-order valence-corrected chi connectivity index (χ0v) is 8.93. The van der Waals surface area contributed by atoms with Gasteiger partial charge in [0.05, 0.1) is 0 Å². The highest BCUT2D eigenvalue weighted by atomic mass is 32.2. The van der Waals surface area contributed by atoms with E-state index in [-0.39, 0.29) is 5.78 Å². The van der Waals surface area contributed by atoms with Crippen molar-refractivity contribution < 1.29 is 13.6 Å². The molecule has 0 aliphatic rings. The van der Waals surface area contributed by atoms with E-state index in [9.17, 15) is 13.6 Å². The van der Waals surface area contributed by atoms with Crippen molar-refractivity contribution in [2.45, 2.75) is 17.6 Å².